The molecule has 3 rings (SSSR count). The van der Waals surface area contributed by atoms with Crippen LogP contribution in [0.15, 0.2) is 60.0 Å². The molecule has 0 aliphatic rings. The van der Waals surface area contributed by atoms with Crippen LogP contribution < -0.4 is 5.32 Å². The van der Waals surface area contributed by atoms with Gasteiger partial charge >= 0.3 is 0 Å². The highest BCUT2D eigenvalue weighted by atomic mass is 32.2. The van der Waals surface area contributed by atoms with Gasteiger partial charge in [0.15, 0.2) is 10.9 Å². The standard InChI is InChI=1S/C24H28N4O2S/c1-3-4-5-6-8-19-11-13-20(14-12-19)23(30)16-31-24-27-25-17-28(24)22-10-7-9-21(15-22)26-18(2)29/h7,9-15,17H,3-6,8,16H2,1-2H3,(H,26,29). The van der Waals surface area contributed by atoms with Gasteiger partial charge in [0.1, 0.15) is 6.33 Å². The summed E-state index contributed by atoms with van der Waals surface area (Å²) in [4.78, 5) is 24.0. The number of thioether (sulfide) groups is 1. The Bertz CT molecular complexity index is 1010. The molecule has 0 fully saturated rings. The van der Waals surface area contributed by atoms with Crippen molar-refractivity contribution < 1.29 is 9.59 Å². The quantitative estimate of drug-likeness (QED) is 0.250. The van der Waals surface area contributed by atoms with E-state index >= 15 is 0 Å². The molecule has 0 unspecified atom stereocenters. The first-order valence-corrected chi connectivity index (χ1v) is 11.6. The number of amides is 1. The van der Waals surface area contributed by atoms with Gasteiger partial charge in [-0.05, 0) is 36.6 Å². The molecule has 1 aromatic heterocycles. The molecule has 0 radical (unpaired) electrons. The van der Waals surface area contributed by atoms with Crippen molar-refractivity contribution in [2.75, 3.05) is 11.1 Å². The van der Waals surface area contributed by atoms with Gasteiger partial charge in [0.05, 0.1) is 11.4 Å². The van der Waals surface area contributed by atoms with Gasteiger partial charge in [-0.1, -0.05) is 68.3 Å². The zero-order valence-corrected chi connectivity index (χ0v) is 18.8. The lowest BCUT2D eigenvalue weighted by Gasteiger charge is -2.09. The summed E-state index contributed by atoms with van der Waals surface area (Å²) in [5, 5.41) is 11.5. The van der Waals surface area contributed by atoms with E-state index in [0.29, 0.717) is 16.4 Å². The molecule has 1 N–H and O–H groups in total. The number of unbranched alkanes of at least 4 members (excludes halogenated alkanes) is 3. The Morgan fingerprint density at radius 1 is 1.06 bits per heavy atom. The molecule has 31 heavy (non-hydrogen) atoms. The van der Waals surface area contributed by atoms with E-state index in [2.05, 4.69) is 34.6 Å². The van der Waals surface area contributed by atoms with Crippen molar-refractivity contribution in [3.05, 3.63) is 66.0 Å². The number of hydrogen-bond acceptors (Lipinski definition) is 5. The second-order valence-electron chi connectivity index (χ2n) is 7.43. The first-order valence-electron chi connectivity index (χ1n) is 10.6. The third-order valence-corrected chi connectivity index (χ3v) is 5.83. The average Bonchev–Trinajstić information content (AvgIpc) is 3.24. The van der Waals surface area contributed by atoms with E-state index in [4.69, 9.17) is 0 Å². The topological polar surface area (TPSA) is 76.9 Å². The minimum absolute atomic E-state index is 0.0593. The number of rotatable bonds is 11. The van der Waals surface area contributed by atoms with Crippen molar-refractivity contribution in [2.24, 2.45) is 0 Å². The van der Waals surface area contributed by atoms with Crippen LogP contribution in [0.3, 0.4) is 0 Å². The van der Waals surface area contributed by atoms with Crippen molar-refractivity contribution in [3.63, 3.8) is 0 Å². The summed E-state index contributed by atoms with van der Waals surface area (Å²) in [5.74, 6) is 0.206. The summed E-state index contributed by atoms with van der Waals surface area (Å²) in [6, 6.07) is 15.4. The maximum Gasteiger partial charge on any atom is 0.221 e. The second kappa shape index (κ2) is 11.5. The molecular weight excluding hydrogens is 408 g/mol. The minimum Gasteiger partial charge on any atom is -0.326 e. The lowest BCUT2D eigenvalue weighted by molar-refractivity contribution is -0.114. The van der Waals surface area contributed by atoms with Crippen LogP contribution in [-0.2, 0) is 11.2 Å². The number of benzene rings is 2. The van der Waals surface area contributed by atoms with Gasteiger partial charge in [-0.3, -0.25) is 14.2 Å². The van der Waals surface area contributed by atoms with Crippen molar-refractivity contribution >= 4 is 29.1 Å². The number of carbonyl (C=O) groups is 2. The van der Waals surface area contributed by atoms with Gasteiger partial charge in [-0.2, -0.15) is 0 Å². The maximum absolute atomic E-state index is 12.6. The lowest BCUT2D eigenvalue weighted by Crippen LogP contribution is -2.07. The molecule has 2 aromatic carbocycles. The maximum atomic E-state index is 12.6. The van der Waals surface area contributed by atoms with Crippen LogP contribution >= 0.6 is 11.8 Å². The monoisotopic (exact) mass is 436 g/mol. The van der Waals surface area contributed by atoms with Gasteiger partial charge in [0.2, 0.25) is 5.91 Å². The molecule has 0 saturated carbocycles. The van der Waals surface area contributed by atoms with Gasteiger partial charge in [0, 0.05) is 18.2 Å². The van der Waals surface area contributed by atoms with E-state index in [1.165, 1.54) is 49.9 Å². The third kappa shape index (κ3) is 6.79. The molecule has 0 aliphatic carbocycles. The third-order valence-electron chi connectivity index (χ3n) is 4.89. The Labute approximate surface area is 187 Å². The highest BCUT2D eigenvalue weighted by Gasteiger charge is 2.12. The smallest absolute Gasteiger partial charge is 0.221 e. The van der Waals surface area contributed by atoms with Gasteiger partial charge in [0.25, 0.3) is 0 Å². The van der Waals surface area contributed by atoms with Crippen molar-refractivity contribution in [1.82, 2.24) is 14.8 Å². The number of aryl methyl sites for hydroxylation is 1. The summed E-state index contributed by atoms with van der Waals surface area (Å²) < 4.78 is 1.81. The Morgan fingerprint density at radius 2 is 1.87 bits per heavy atom. The SMILES string of the molecule is CCCCCCc1ccc(C(=O)CSc2nncn2-c2cccc(NC(C)=O)c2)cc1. The number of Topliss-reactive ketones (excluding diaryl/α,β-unsaturated/α-hetero) is 1. The summed E-state index contributed by atoms with van der Waals surface area (Å²) in [6.45, 7) is 3.68. The number of hydrogen-bond donors (Lipinski definition) is 1. The van der Waals surface area contributed by atoms with Crippen LogP contribution in [0, 0.1) is 0 Å². The predicted octanol–water partition coefficient (Wildman–Crippen LogP) is 5.32. The minimum atomic E-state index is -0.131. The van der Waals surface area contributed by atoms with E-state index in [1.807, 2.05) is 41.0 Å². The van der Waals surface area contributed by atoms with E-state index in [0.717, 1.165) is 12.1 Å². The highest BCUT2D eigenvalue weighted by Crippen LogP contribution is 2.23. The molecular formula is C24H28N4O2S. The fraction of sp³-hybridized carbons (Fsp3) is 0.333. The molecule has 0 aliphatic heterocycles. The Balaban J connectivity index is 1.59. The Morgan fingerprint density at radius 3 is 2.61 bits per heavy atom. The molecule has 3 aromatic rings. The lowest BCUT2D eigenvalue weighted by atomic mass is 10.0. The number of aromatic nitrogens is 3. The molecule has 162 valence electrons. The summed E-state index contributed by atoms with van der Waals surface area (Å²) >= 11 is 1.35. The molecule has 0 saturated heterocycles. The molecule has 0 spiro atoms. The average molecular weight is 437 g/mol. The number of anilines is 1. The number of carbonyl (C=O) groups excluding carboxylic acids is 2. The first-order chi connectivity index (χ1) is 15.1. The van der Waals surface area contributed by atoms with Crippen molar-refractivity contribution in [3.8, 4) is 5.69 Å². The molecule has 1 heterocycles. The number of ketones is 1. The summed E-state index contributed by atoms with van der Waals surface area (Å²) in [7, 11) is 0. The fourth-order valence-corrected chi connectivity index (χ4v) is 4.09. The van der Waals surface area contributed by atoms with Gasteiger partial charge in [-0.25, -0.2) is 0 Å². The second-order valence-corrected chi connectivity index (χ2v) is 8.38. The van der Waals surface area contributed by atoms with Gasteiger partial charge < -0.3 is 5.32 Å². The van der Waals surface area contributed by atoms with Crippen molar-refractivity contribution in [2.45, 2.75) is 51.1 Å². The van der Waals surface area contributed by atoms with Crippen LogP contribution in [0.1, 0.15) is 55.5 Å². The first kappa shape index (κ1) is 22.7. The van der Waals surface area contributed by atoms with Gasteiger partial charge in [-0.15, -0.1) is 10.2 Å². The van der Waals surface area contributed by atoms with Crippen LogP contribution in [-0.4, -0.2) is 32.2 Å². The molecule has 0 bridgehead atoms. The molecule has 7 heteroatoms. The number of nitrogens with zero attached hydrogens (tertiary/aromatic N) is 3. The molecule has 0 atom stereocenters. The normalized spacial score (nSPS) is 10.8. The van der Waals surface area contributed by atoms with Crippen LogP contribution in [0.2, 0.25) is 0 Å². The largest absolute Gasteiger partial charge is 0.326 e. The van der Waals surface area contributed by atoms with Crippen LogP contribution in [0.5, 0.6) is 0 Å². The van der Waals surface area contributed by atoms with Crippen molar-refractivity contribution in [1.29, 1.82) is 0 Å². The van der Waals surface area contributed by atoms with E-state index in [9.17, 15) is 9.59 Å². The van der Waals surface area contributed by atoms with E-state index < -0.39 is 0 Å². The predicted molar refractivity (Wildman–Crippen MR) is 125 cm³/mol. The summed E-state index contributed by atoms with van der Waals surface area (Å²) in [5.41, 5.74) is 3.50. The fourth-order valence-electron chi connectivity index (χ4n) is 3.26. The molecule has 6 nitrogen and oxygen atoms in total. The van der Waals surface area contributed by atoms with Crippen LogP contribution in [0.4, 0.5) is 5.69 Å². The zero-order valence-electron chi connectivity index (χ0n) is 18.0. The van der Waals surface area contributed by atoms with E-state index in [1.54, 1.807) is 6.33 Å². The Kier molecular flexibility index (Phi) is 8.41. The highest BCUT2D eigenvalue weighted by molar-refractivity contribution is 7.99. The van der Waals surface area contributed by atoms with E-state index in [-0.39, 0.29) is 17.4 Å². The molecule has 1 amide bonds. The summed E-state index contributed by atoms with van der Waals surface area (Å²) in [6.07, 6.45) is 7.62. The zero-order chi connectivity index (χ0) is 22.1. The number of nitrogens with one attached hydrogen (secondary N) is 1. The Hall–Kier alpha value is -2.93. The van der Waals surface area contributed by atoms with Crippen LogP contribution in [0.25, 0.3) is 5.69 Å².